The smallest absolute Gasteiger partial charge is 0.433 e. The number of hydrogen-bond acceptors (Lipinski definition) is 19. The second-order valence-electron chi connectivity index (χ2n) is 23.7. The summed E-state index contributed by atoms with van der Waals surface area (Å²) in [5, 5.41) is 83.7. The van der Waals surface area contributed by atoms with Crippen LogP contribution in [-0.2, 0) is 12.7 Å². The fourth-order valence-corrected chi connectivity index (χ4v) is 10.4. The fraction of sp³-hybridized carbons (Fsp3) is 0.0897. The van der Waals surface area contributed by atoms with E-state index in [2.05, 4.69) is 31.5 Å². The highest BCUT2D eigenvalue weighted by atomic mass is 35.5. The predicted molar refractivity (Wildman–Crippen MR) is 441 cm³/mol. The SMILES string of the molecule is C.C.Cc1cc(C(F)(F)F)n(-c2ccc(NC(=O)c3ccc(Cl)cc3)cc2[N+](=O)[O-])n1.Cc1cc(C)n(-c2ccc(NC(=O)c3ccc(Cl)cc3)cc2[N+](=O)[O-])n1.NCc1ccc(NC(=O)c2ccc(Cl)cc2)cc1[N+](=O)[O-].Nc1ccc(F)c([N+](=O)[O-])c1.O=C(Nc1ccc(F)c([N+](=O)[O-])c1)c1ccc(Cl)cc1.O=C(O)c1ccc(Cl)cc1. The Balaban J connectivity index is 0.000000262. The maximum atomic E-state index is 13.3. The molecule has 618 valence electrons. The number of nitrogen functional groups attached to an aromatic ring is 1. The third kappa shape index (κ3) is 27.8. The Labute approximate surface area is 696 Å². The van der Waals surface area contributed by atoms with E-state index in [0.29, 0.717) is 69.1 Å². The number of carbonyl (C=O) groups is 5. The monoisotopic (exact) mass is 1740 g/mol. The number of anilines is 5. The van der Waals surface area contributed by atoms with Gasteiger partial charge in [-0.25, -0.2) is 14.2 Å². The number of nitro groups is 5. The van der Waals surface area contributed by atoms with Crippen molar-refractivity contribution in [3.63, 3.8) is 0 Å². The van der Waals surface area contributed by atoms with Gasteiger partial charge in [0.15, 0.2) is 0 Å². The van der Waals surface area contributed by atoms with E-state index in [9.17, 15) is 96.5 Å². The topological polar surface area (TPSA) is 457 Å². The predicted octanol–water partition coefficient (Wildman–Crippen LogP) is 20.5. The Kier molecular flexibility index (Phi) is 34.9. The Morgan fingerprint density at radius 1 is 0.403 bits per heavy atom. The summed E-state index contributed by atoms with van der Waals surface area (Å²) in [4.78, 5) is 110. The first kappa shape index (κ1) is 95.4. The molecule has 0 saturated heterocycles. The lowest BCUT2D eigenvalue weighted by molar-refractivity contribution is -0.387. The Hall–Kier alpha value is -14.2. The van der Waals surface area contributed by atoms with E-state index in [4.69, 9.17) is 74.6 Å². The Morgan fingerprint density at radius 3 is 1.00 bits per heavy atom. The number of hydrogen-bond donors (Lipinski definition) is 7. The molecule has 9 N–H and O–H groups in total. The maximum Gasteiger partial charge on any atom is 0.433 e. The highest BCUT2D eigenvalue weighted by molar-refractivity contribution is 6.32. The molecule has 0 radical (unpaired) electrons. The molecule has 0 saturated carbocycles. The number of rotatable bonds is 17. The summed E-state index contributed by atoms with van der Waals surface area (Å²) >= 11 is 28.5. The molecule has 119 heavy (non-hydrogen) atoms. The van der Waals surface area contributed by atoms with Crippen molar-refractivity contribution in [1.29, 1.82) is 0 Å². The van der Waals surface area contributed by atoms with Gasteiger partial charge in [0, 0.05) is 124 Å². The van der Waals surface area contributed by atoms with Gasteiger partial charge in [0.2, 0.25) is 11.6 Å². The summed E-state index contributed by atoms with van der Waals surface area (Å²) in [5.74, 6) is -4.55. The molecule has 0 unspecified atom stereocenters. The number of amides is 4. The van der Waals surface area contributed by atoms with Crippen LogP contribution in [0.5, 0.6) is 0 Å². The normalized spacial score (nSPS) is 10.2. The first-order chi connectivity index (χ1) is 55.2. The van der Waals surface area contributed by atoms with Crippen LogP contribution in [0.2, 0.25) is 25.1 Å². The van der Waals surface area contributed by atoms with Gasteiger partial charge in [0.25, 0.3) is 40.7 Å². The number of nitrogens with one attached hydrogen (secondary N) is 4. The molecule has 0 atom stereocenters. The number of nitrogens with two attached hydrogens (primary N) is 2. The number of nitro benzene ring substituents is 5. The minimum atomic E-state index is -4.75. The van der Waals surface area contributed by atoms with Crippen LogP contribution in [0.4, 0.5) is 78.8 Å². The lowest BCUT2D eigenvalue weighted by atomic mass is 10.1. The summed E-state index contributed by atoms with van der Waals surface area (Å²) in [6.07, 6.45) is -4.75. The second kappa shape index (κ2) is 43.5. The van der Waals surface area contributed by atoms with Gasteiger partial charge in [0.05, 0.1) is 41.6 Å². The molecule has 0 aliphatic heterocycles. The second-order valence-corrected chi connectivity index (χ2v) is 25.9. The average molecular weight is 1740 g/mol. The number of carboxylic acids is 1. The quantitative estimate of drug-likeness (QED) is 0.0193. The molecule has 12 aromatic rings. The molecular formula is C78H65Cl5F5N15O16. The van der Waals surface area contributed by atoms with Crippen LogP contribution < -0.4 is 32.7 Å². The van der Waals surface area contributed by atoms with Crippen molar-refractivity contribution < 1.29 is 75.6 Å². The molecule has 31 nitrogen and oxygen atoms in total. The first-order valence-electron chi connectivity index (χ1n) is 32.8. The highest BCUT2D eigenvalue weighted by Crippen LogP contribution is 2.36. The molecule has 41 heteroatoms. The maximum absolute atomic E-state index is 13.3. The zero-order valence-corrected chi connectivity index (χ0v) is 63.9. The third-order valence-electron chi connectivity index (χ3n) is 15.3. The molecule has 2 aromatic heterocycles. The molecule has 4 amide bonds. The van der Waals surface area contributed by atoms with Crippen molar-refractivity contribution in [3.05, 3.63) is 368 Å². The van der Waals surface area contributed by atoms with E-state index in [1.807, 2.05) is 19.9 Å². The summed E-state index contributed by atoms with van der Waals surface area (Å²) in [5.41, 5.74) is 11.9. The number of benzene rings is 10. The zero-order valence-electron chi connectivity index (χ0n) is 60.1. The van der Waals surface area contributed by atoms with Gasteiger partial charge in [-0.05, 0) is 215 Å². The van der Waals surface area contributed by atoms with Crippen LogP contribution in [-0.4, -0.2) is 78.9 Å². The minimum Gasteiger partial charge on any atom is -0.478 e. The summed E-state index contributed by atoms with van der Waals surface area (Å²) in [7, 11) is 0. The highest BCUT2D eigenvalue weighted by Gasteiger charge is 2.37. The van der Waals surface area contributed by atoms with Crippen LogP contribution in [0, 0.1) is 83.0 Å². The number of aromatic nitrogens is 4. The number of carboxylic acid groups (broad SMARTS) is 1. The summed E-state index contributed by atoms with van der Waals surface area (Å²) in [6, 6.07) is 51.9. The van der Waals surface area contributed by atoms with Crippen LogP contribution in [0.1, 0.15) is 95.0 Å². The van der Waals surface area contributed by atoms with Gasteiger partial charge in [-0.3, -0.25) is 69.7 Å². The van der Waals surface area contributed by atoms with E-state index in [1.165, 1.54) is 96.5 Å². The largest absolute Gasteiger partial charge is 0.478 e. The van der Waals surface area contributed by atoms with Crippen molar-refractivity contribution in [3.8, 4) is 11.4 Å². The number of aryl methyl sites for hydroxylation is 3. The zero-order chi connectivity index (χ0) is 86.3. The van der Waals surface area contributed by atoms with Crippen LogP contribution in [0.15, 0.2) is 224 Å². The number of halogens is 10. The molecule has 0 aliphatic carbocycles. The first-order valence-corrected chi connectivity index (χ1v) is 34.7. The lowest BCUT2D eigenvalue weighted by Crippen LogP contribution is -2.15. The molecule has 10 aromatic carbocycles. The van der Waals surface area contributed by atoms with Gasteiger partial charge in [-0.2, -0.15) is 32.1 Å². The standard InChI is InChI=1S/C18H12ClF3N4O3.C18H15ClN4O3.C14H12ClN3O3.C13H8ClFN2O3.C7H5ClO2.C6H5FN2O2.2CH4/c1-10-8-16(18(20,21)22)25(24-10)14-7-6-13(9-15(14)26(28)29)23-17(27)11-2-4-12(19)5-3-11;1-11-9-12(2)22(21-11)16-8-7-15(10-17(16)23(25)26)20-18(24)13-3-5-14(19)6-4-13;15-11-4-1-9(2-5-11)14(19)17-12-6-3-10(8-16)13(7-12)18(20)21;14-9-3-1-8(2-4-9)13(18)16-10-5-6-11(15)12(7-10)17(19)20;8-6-3-1-5(2-4-6)7(9)10;7-5-2-1-4(8)3-6(5)9(10)11;;/h2-9H,1H3,(H,23,27);3-10H,1-2H3,(H,20,24);1-7H,8,16H2,(H,17,19);1-7H,(H,16,18);1-4H,(H,9,10);1-3H,8H2;2*1H4. The molecule has 0 bridgehead atoms. The number of aromatic carboxylic acids is 1. The van der Waals surface area contributed by atoms with E-state index in [1.54, 1.807) is 91.0 Å². The van der Waals surface area contributed by atoms with Gasteiger partial charge >= 0.3 is 23.5 Å². The number of nitrogens with zero attached hydrogens (tertiary/aromatic N) is 9. The van der Waals surface area contributed by atoms with E-state index >= 15 is 0 Å². The molecule has 0 fully saturated rings. The Morgan fingerprint density at radius 2 is 0.689 bits per heavy atom. The van der Waals surface area contributed by atoms with Gasteiger partial charge in [-0.1, -0.05) is 72.9 Å². The molecule has 0 aliphatic rings. The Bertz CT molecular complexity index is 5720. The van der Waals surface area contributed by atoms with E-state index in [-0.39, 0.29) is 84.2 Å². The van der Waals surface area contributed by atoms with Gasteiger partial charge in [0.1, 0.15) is 17.1 Å². The summed E-state index contributed by atoms with van der Waals surface area (Å²) in [6.45, 7) is 5.04. The van der Waals surface area contributed by atoms with Crippen molar-refractivity contribution in [2.75, 3.05) is 27.0 Å². The number of carbonyl (C=O) groups excluding carboxylic acids is 4. The van der Waals surface area contributed by atoms with Crippen molar-refractivity contribution in [2.45, 2.75) is 48.3 Å². The van der Waals surface area contributed by atoms with Crippen LogP contribution in [0.25, 0.3) is 11.4 Å². The molecule has 0 spiro atoms. The van der Waals surface area contributed by atoms with Crippen LogP contribution in [0.3, 0.4) is 0 Å². The third-order valence-corrected chi connectivity index (χ3v) is 16.6. The van der Waals surface area contributed by atoms with Crippen molar-refractivity contribution >= 4 is 144 Å². The van der Waals surface area contributed by atoms with Crippen molar-refractivity contribution in [1.82, 2.24) is 19.6 Å². The molecule has 12 rings (SSSR count). The fourth-order valence-electron chi connectivity index (χ4n) is 9.81. The minimum absolute atomic E-state index is 0. The lowest BCUT2D eigenvalue weighted by Gasteiger charge is -2.12. The molecular weight excluding hydrogens is 1680 g/mol. The summed E-state index contributed by atoms with van der Waals surface area (Å²) < 4.78 is 67.4. The molecule has 2 heterocycles. The number of alkyl halides is 3. The van der Waals surface area contributed by atoms with E-state index in [0.717, 1.165) is 53.9 Å². The van der Waals surface area contributed by atoms with Gasteiger partial charge < -0.3 is 37.8 Å². The van der Waals surface area contributed by atoms with E-state index < -0.39 is 83.0 Å². The van der Waals surface area contributed by atoms with Crippen LogP contribution >= 0.6 is 58.0 Å². The van der Waals surface area contributed by atoms with Crippen molar-refractivity contribution in [2.24, 2.45) is 5.73 Å². The van der Waals surface area contributed by atoms with Gasteiger partial charge in [-0.15, -0.1) is 0 Å². The average Bonchev–Trinajstić information content (AvgIpc) is 1.68.